The number of carbonyl (C=O) groups is 1. The summed E-state index contributed by atoms with van der Waals surface area (Å²) < 4.78 is 5.33. The molecule has 1 heterocycles. The average molecular weight is 316 g/mol. The summed E-state index contributed by atoms with van der Waals surface area (Å²) in [6.07, 6.45) is 0.838. The molecule has 5 heteroatoms. The van der Waals surface area contributed by atoms with Crippen molar-refractivity contribution in [3.8, 4) is 11.3 Å². The summed E-state index contributed by atoms with van der Waals surface area (Å²) in [5.41, 5.74) is 0.787. The van der Waals surface area contributed by atoms with E-state index >= 15 is 0 Å². The third-order valence-electron chi connectivity index (χ3n) is 4.41. The van der Waals surface area contributed by atoms with Crippen molar-refractivity contribution in [3.05, 3.63) is 41.6 Å². The number of aromatic nitrogens is 1. The number of nitrogens with zero attached hydrogens (tertiary/aromatic N) is 1. The van der Waals surface area contributed by atoms with E-state index in [1.54, 1.807) is 13.8 Å². The van der Waals surface area contributed by atoms with Crippen molar-refractivity contribution in [2.45, 2.75) is 39.7 Å². The van der Waals surface area contributed by atoms with Crippen LogP contribution in [0.4, 0.5) is 0 Å². The maximum Gasteiger partial charge on any atom is 0.257 e. The fourth-order valence-electron chi connectivity index (χ4n) is 2.39. The van der Waals surface area contributed by atoms with E-state index in [2.05, 4.69) is 10.5 Å². The first-order valence-electron chi connectivity index (χ1n) is 7.89. The van der Waals surface area contributed by atoms with Crippen molar-refractivity contribution >= 4 is 5.91 Å². The largest absolute Gasteiger partial charge is 0.388 e. The Morgan fingerprint density at radius 3 is 2.65 bits per heavy atom. The first-order chi connectivity index (χ1) is 10.9. The van der Waals surface area contributed by atoms with E-state index in [4.69, 9.17) is 4.52 Å². The Kier molecular flexibility index (Phi) is 5.21. The molecule has 1 aromatic heterocycles. The molecule has 1 amide bonds. The van der Waals surface area contributed by atoms with Crippen molar-refractivity contribution in [1.29, 1.82) is 0 Å². The molecular formula is C18H24N2O3. The molecule has 0 radical (unpaired) electrons. The third-order valence-corrected chi connectivity index (χ3v) is 4.41. The van der Waals surface area contributed by atoms with E-state index < -0.39 is 5.60 Å². The van der Waals surface area contributed by atoms with Gasteiger partial charge in [-0.25, -0.2) is 0 Å². The van der Waals surface area contributed by atoms with E-state index in [1.165, 1.54) is 0 Å². The van der Waals surface area contributed by atoms with E-state index in [0.29, 0.717) is 17.0 Å². The molecule has 2 atom stereocenters. The van der Waals surface area contributed by atoms with Crippen LogP contribution in [0.25, 0.3) is 11.3 Å². The van der Waals surface area contributed by atoms with E-state index in [-0.39, 0.29) is 18.4 Å². The summed E-state index contributed by atoms with van der Waals surface area (Å²) in [6, 6.07) is 9.39. The van der Waals surface area contributed by atoms with Gasteiger partial charge in [0.05, 0.1) is 11.3 Å². The summed E-state index contributed by atoms with van der Waals surface area (Å²) >= 11 is 0. The van der Waals surface area contributed by atoms with Crippen LogP contribution in [0.2, 0.25) is 0 Å². The highest BCUT2D eigenvalue weighted by Gasteiger charge is 2.29. The topological polar surface area (TPSA) is 75.4 Å². The maximum absolute atomic E-state index is 12.6. The predicted molar refractivity (Wildman–Crippen MR) is 89.1 cm³/mol. The minimum atomic E-state index is -0.956. The Morgan fingerprint density at radius 1 is 1.39 bits per heavy atom. The molecule has 124 valence electrons. The normalized spacial score (nSPS) is 15.0. The molecule has 0 spiro atoms. The number of hydrogen-bond donors (Lipinski definition) is 2. The molecule has 0 fully saturated rings. The van der Waals surface area contributed by atoms with Crippen LogP contribution in [-0.2, 0) is 0 Å². The zero-order valence-corrected chi connectivity index (χ0v) is 14.1. The fraction of sp³-hybridized carbons (Fsp3) is 0.444. The number of aliphatic hydroxyl groups is 1. The van der Waals surface area contributed by atoms with Crippen LogP contribution in [0.15, 0.2) is 34.9 Å². The smallest absolute Gasteiger partial charge is 0.257 e. The lowest BCUT2D eigenvalue weighted by Gasteiger charge is -2.29. The Hall–Kier alpha value is -2.14. The zero-order chi connectivity index (χ0) is 17.0. The van der Waals surface area contributed by atoms with Crippen molar-refractivity contribution in [1.82, 2.24) is 10.5 Å². The third kappa shape index (κ3) is 3.79. The van der Waals surface area contributed by atoms with Gasteiger partial charge in [-0.3, -0.25) is 4.79 Å². The number of benzene rings is 1. The Morgan fingerprint density at radius 2 is 2.04 bits per heavy atom. The van der Waals surface area contributed by atoms with Gasteiger partial charge in [0.1, 0.15) is 5.56 Å². The van der Waals surface area contributed by atoms with Gasteiger partial charge in [0.2, 0.25) is 0 Å². The number of amides is 1. The zero-order valence-electron chi connectivity index (χ0n) is 14.1. The number of carbonyl (C=O) groups excluding carboxylic acids is 1. The molecule has 0 aliphatic carbocycles. The highest BCUT2D eigenvalue weighted by atomic mass is 16.5. The lowest BCUT2D eigenvalue weighted by molar-refractivity contribution is 0.00592. The second kappa shape index (κ2) is 6.96. The molecule has 2 rings (SSSR count). The standard InChI is InChI=1S/C18H24N2O3/c1-5-12(2)18(4,22)11-19-17(21)15-13(3)20-23-16(15)14-9-7-6-8-10-14/h6-10,12,22H,5,11H2,1-4H3,(H,19,21). The molecule has 0 aliphatic heterocycles. The molecule has 0 aliphatic rings. The quantitative estimate of drug-likeness (QED) is 0.858. The SMILES string of the molecule is CCC(C)C(C)(O)CNC(=O)c1c(C)noc1-c1ccccc1. The molecule has 0 saturated heterocycles. The van der Waals surface area contributed by atoms with E-state index in [9.17, 15) is 9.90 Å². The van der Waals surface area contributed by atoms with Crippen LogP contribution in [0.3, 0.4) is 0 Å². The lowest BCUT2D eigenvalue weighted by Crippen LogP contribution is -2.45. The van der Waals surface area contributed by atoms with Gasteiger partial charge in [0, 0.05) is 12.1 Å². The Labute approximate surface area is 136 Å². The van der Waals surface area contributed by atoms with Crippen LogP contribution in [0.5, 0.6) is 0 Å². The molecule has 2 unspecified atom stereocenters. The molecule has 23 heavy (non-hydrogen) atoms. The highest BCUT2D eigenvalue weighted by Crippen LogP contribution is 2.26. The monoisotopic (exact) mass is 316 g/mol. The summed E-state index contributed by atoms with van der Waals surface area (Å²) in [5.74, 6) is 0.245. The maximum atomic E-state index is 12.6. The minimum absolute atomic E-state index is 0.0833. The molecular weight excluding hydrogens is 292 g/mol. The highest BCUT2D eigenvalue weighted by molar-refractivity contribution is 6.00. The van der Waals surface area contributed by atoms with Gasteiger partial charge in [0.25, 0.3) is 5.91 Å². The van der Waals surface area contributed by atoms with Gasteiger partial charge in [0.15, 0.2) is 5.76 Å². The Bertz CT molecular complexity index is 662. The molecule has 0 bridgehead atoms. The van der Waals surface area contributed by atoms with Crippen molar-refractivity contribution in [2.75, 3.05) is 6.54 Å². The number of hydrogen-bond acceptors (Lipinski definition) is 4. The van der Waals surface area contributed by atoms with Gasteiger partial charge < -0.3 is 14.9 Å². The summed E-state index contributed by atoms with van der Waals surface area (Å²) in [6.45, 7) is 7.63. The second-order valence-electron chi connectivity index (χ2n) is 6.19. The summed E-state index contributed by atoms with van der Waals surface area (Å²) in [7, 11) is 0. The molecule has 5 nitrogen and oxygen atoms in total. The van der Waals surface area contributed by atoms with Crippen molar-refractivity contribution in [3.63, 3.8) is 0 Å². The lowest BCUT2D eigenvalue weighted by atomic mass is 9.88. The fourth-order valence-corrected chi connectivity index (χ4v) is 2.39. The Balaban J connectivity index is 2.19. The van der Waals surface area contributed by atoms with Crippen LogP contribution in [0, 0.1) is 12.8 Å². The number of aryl methyl sites for hydroxylation is 1. The first-order valence-corrected chi connectivity index (χ1v) is 7.89. The second-order valence-corrected chi connectivity index (χ2v) is 6.19. The average Bonchev–Trinajstić information content (AvgIpc) is 2.94. The number of rotatable bonds is 6. The van der Waals surface area contributed by atoms with Crippen LogP contribution in [-0.4, -0.2) is 28.3 Å². The minimum Gasteiger partial charge on any atom is -0.388 e. The number of nitrogens with one attached hydrogen (secondary N) is 1. The first kappa shape index (κ1) is 17.2. The van der Waals surface area contributed by atoms with Gasteiger partial charge >= 0.3 is 0 Å². The summed E-state index contributed by atoms with van der Waals surface area (Å²) in [4.78, 5) is 12.6. The van der Waals surface area contributed by atoms with Gasteiger partial charge in [-0.05, 0) is 19.8 Å². The van der Waals surface area contributed by atoms with Crippen LogP contribution < -0.4 is 5.32 Å². The van der Waals surface area contributed by atoms with Crippen molar-refractivity contribution < 1.29 is 14.4 Å². The van der Waals surface area contributed by atoms with Gasteiger partial charge in [-0.15, -0.1) is 0 Å². The molecule has 2 aromatic rings. The summed E-state index contributed by atoms with van der Waals surface area (Å²) in [5, 5.41) is 17.1. The van der Waals surface area contributed by atoms with Gasteiger partial charge in [-0.2, -0.15) is 0 Å². The molecule has 1 aromatic carbocycles. The predicted octanol–water partition coefficient (Wildman–Crippen LogP) is 3.18. The van der Waals surface area contributed by atoms with Crippen molar-refractivity contribution in [2.24, 2.45) is 5.92 Å². The van der Waals surface area contributed by atoms with E-state index in [1.807, 2.05) is 44.2 Å². The van der Waals surface area contributed by atoms with Crippen LogP contribution in [0.1, 0.15) is 43.2 Å². The molecule has 0 saturated carbocycles. The van der Waals surface area contributed by atoms with Crippen LogP contribution >= 0.6 is 0 Å². The van der Waals surface area contributed by atoms with Gasteiger partial charge in [-0.1, -0.05) is 55.8 Å². The van der Waals surface area contributed by atoms with E-state index in [0.717, 1.165) is 12.0 Å². The molecule has 2 N–H and O–H groups in total.